The van der Waals surface area contributed by atoms with Gasteiger partial charge in [-0.3, -0.25) is 0 Å². The van der Waals surface area contributed by atoms with Crippen LogP contribution < -0.4 is 0 Å². The Morgan fingerprint density at radius 3 is 0.907 bits per heavy atom. The highest BCUT2D eigenvalue weighted by molar-refractivity contribution is 6.23. The van der Waals surface area contributed by atoms with E-state index in [2.05, 4.69) is 221 Å². The lowest BCUT2D eigenvalue weighted by atomic mass is 9.83. The molecule has 0 saturated heterocycles. The van der Waals surface area contributed by atoms with E-state index < -0.39 is 0 Å². The van der Waals surface area contributed by atoms with E-state index in [9.17, 15) is 0 Å². The van der Waals surface area contributed by atoms with E-state index in [0.29, 0.717) is 11.8 Å². The first kappa shape index (κ1) is 45.5. The fraction of sp³-hybridized carbons (Fsp3) is 0.0704. The molecule has 14 rings (SSSR count). The van der Waals surface area contributed by atoms with Crippen LogP contribution in [0.25, 0.3) is 133 Å². The zero-order chi connectivity index (χ0) is 50.7. The number of para-hydroxylation sites is 4. The summed E-state index contributed by atoms with van der Waals surface area (Å²) < 4.78 is 12.0. The molecule has 4 heteroatoms. The van der Waals surface area contributed by atoms with E-state index in [1.165, 1.54) is 115 Å². The van der Waals surface area contributed by atoms with Gasteiger partial charge >= 0.3 is 0 Å². The Balaban J connectivity index is 0.000000144. The molecule has 0 aliphatic carbocycles. The molecule has 14 aromatic rings. The molecule has 4 nitrogen and oxygen atoms in total. The van der Waals surface area contributed by atoms with E-state index in [1.807, 2.05) is 48.5 Å². The molecular formula is C71H52N2O2. The number of rotatable bonds is 6. The lowest BCUT2D eigenvalue weighted by Crippen LogP contribution is -1.95. The third kappa shape index (κ3) is 8.12. The molecule has 0 atom stereocenters. The maximum Gasteiger partial charge on any atom is 0.227 e. The first-order valence-electron chi connectivity index (χ1n) is 25.7. The fourth-order valence-electron chi connectivity index (χ4n) is 11.7. The Labute approximate surface area is 436 Å². The molecule has 0 N–H and O–H groups in total. The number of hydrogen-bond donors (Lipinski definition) is 0. The van der Waals surface area contributed by atoms with Gasteiger partial charge in [-0.15, -0.1) is 0 Å². The number of aryl methyl sites for hydroxylation is 5. The summed E-state index contributed by atoms with van der Waals surface area (Å²) in [7, 11) is 0. The fourth-order valence-corrected chi connectivity index (χ4v) is 11.7. The first-order chi connectivity index (χ1) is 36.7. The van der Waals surface area contributed by atoms with Gasteiger partial charge in [0.1, 0.15) is 11.0 Å². The average Bonchev–Trinajstić information content (AvgIpc) is 4.08. The molecule has 2 heterocycles. The minimum absolute atomic E-state index is 0.646. The summed E-state index contributed by atoms with van der Waals surface area (Å²) in [6.45, 7) is 11.0. The predicted octanol–water partition coefficient (Wildman–Crippen LogP) is 19.8. The second kappa shape index (κ2) is 18.6. The van der Waals surface area contributed by atoms with Crippen molar-refractivity contribution < 1.29 is 8.83 Å². The molecular weight excluding hydrogens is 913 g/mol. The van der Waals surface area contributed by atoms with Crippen molar-refractivity contribution in [3.05, 3.63) is 252 Å². The highest BCUT2D eigenvalue weighted by Gasteiger charge is 2.21. The van der Waals surface area contributed by atoms with Gasteiger partial charge in [-0.2, -0.15) is 0 Å². The Morgan fingerprint density at radius 1 is 0.253 bits per heavy atom. The molecule has 0 saturated carbocycles. The third-order valence-corrected chi connectivity index (χ3v) is 14.7. The topological polar surface area (TPSA) is 52.1 Å². The number of nitrogens with zero attached hydrogens (tertiary/aromatic N) is 2. The summed E-state index contributed by atoms with van der Waals surface area (Å²) in [5.74, 6) is 1.29. The normalized spacial score (nSPS) is 11.5. The highest BCUT2D eigenvalue weighted by Crippen LogP contribution is 2.47. The lowest BCUT2D eigenvalue weighted by Gasteiger charge is -2.20. The second-order valence-electron chi connectivity index (χ2n) is 20.0. The van der Waals surface area contributed by atoms with Gasteiger partial charge in [0.2, 0.25) is 11.8 Å². The second-order valence-corrected chi connectivity index (χ2v) is 20.0. The van der Waals surface area contributed by atoms with E-state index in [-0.39, 0.29) is 0 Å². The molecule has 358 valence electrons. The highest BCUT2D eigenvalue weighted by atomic mass is 16.4. The van der Waals surface area contributed by atoms with Crippen molar-refractivity contribution >= 4 is 65.3 Å². The van der Waals surface area contributed by atoms with Crippen LogP contribution in [0, 0.1) is 34.6 Å². The number of hydrogen-bond acceptors (Lipinski definition) is 4. The molecule has 75 heavy (non-hydrogen) atoms. The first-order valence-corrected chi connectivity index (χ1v) is 25.7. The summed E-state index contributed by atoms with van der Waals surface area (Å²) in [6, 6.07) is 79.7. The number of oxazole rings is 2. The maximum absolute atomic E-state index is 6.02. The van der Waals surface area contributed by atoms with Crippen molar-refractivity contribution in [2.24, 2.45) is 0 Å². The predicted molar refractivity (Wildman–Crippen MR) is 314 cm³/mol. The number of fused-ring (bicyclic) bond motifs is 6. The van der Waals surface area contributed by atoms with Crippen LogP contribution in [0.1, 0.15) is 27.8 Å². The van der Waals surface area contributed by atoms with Crippen molar-refractivity contribution in [2.45, 2.75) is 34.6 Å². The van der Waals surface area contributed by atoms with E-state index >= 15 is 0 Å². The molecule has 2 aromatic heterocycles. The summed E-state index contributed by atoms with van der Waals surface area (Å²) in [4.78, 5) is 9.36. The van der Waals surface area contributed by atoms with Gasteiger partial charge in [0.15, 0.2) is 11.2 Å². The van der Waals surface area contributed by atoms with Gasteiger partial charge < -0.3 is 8.83 Å². The summed E-state index contributed by atoms with van der Waals surface area (Å²) in [5.41, 5.74) is 21.9. The molecule has 0 spiro atoms. The zero-order valence-corrected chi connectivity index (χ0v) is 42.6. The van der Waals surface area contributed by atoms with Crippen LogP contribution in [0.3, 0.4) is 0 Å². The van der Waals surface area contributed by atoms with Crippen molar-refractivity contribution in [1.29, 1.82) is 0 Å². The SMILES string of the molecule is Cc1cc(C)c(-c2c3ccccc3c(-c3ccc(-c4nc5ccccc5o4)cc3)c3ccccc23)c(C)c1.Cc1cc(C)cc(-c2c3ccccc3c(-c3ccc(-c4nc5ccccc5o4)cc3)c3ccccc23)c1. The van der Waals surface area contributed by atoms with E-state index in [1.54, 1.807) is 0 Å². The lowest BCUT2D eigenvalue weighted by molar-refractivity contribution is 0.619. The van der Waals surface area contributed by atoms with Crippen LogP contribution in [0.2, 0.25) is 0 Å². The number of benzene rings is 12. The number of aromatic nitrogens is 2. The van der Waals surface area contributed by atoms with Crippen molar-refractivity contribution in [2.75, 3.05) is 0 Å². The summed E-state index contributed by atoms with van der Waals surface area (Å²) >= 11 is 0. The molecule has 0 aliphatic heterocycles. The van der Waals surface area contributed by atoms with Gasteiger partial charge in [-0.1, -0.05) is 193 Å². The zero-order valence-electron chi connectivity index (χ0n) is 42.6. The van der Waals surface area contributed by atoms with Crippen LogP contribution in [0.5, 0.6) is 0 Å². The average molecular weight is 965 g/mol. The smallest absolute Gasteiger partial charge is 0.227 e. The molecule has 0 bridgehead atoms. The van der Waals surface area contributed by atoms with Gasteiger partial charge in [-0.25, -0.2) is 9.97 Å². The van der Waals surface area contributed by atoms with E-state index in [4.69, 9.17) is 8.83 Å². The minimum atomic E-state index is 0.646. The van der Waals surface area contributed by atoms with Gasteiger partial charge in [-0.05, 0) is 182 Å². The van der Waals surface area contributed by atoms with Crippen LogP contribution >= 0.6 is 0 Å². The van der Waals surface area contributed by atoms with Crippen LogP contribution in [-0.2, 0) is 0 Å². The largest absolute Gasteiger partial charge is 0.436 e. The maximum atomic E-state index is 6.02. The Morgan fingerprint density at radius 2 is 0.547 bits per heavy atom. The molecule has 0 aliphatic rings. The van der Waals surface area contributed by atoms with Crippen molar-refractivity contribution in [3.8, 4) is 67.4 Å². The van der Waals surface area contributed by atoms with Crippen LogP contribution in [0.4, 0.5) is 0 Å². The van der Waals surface area contributed by atoms with Gasteiger partial charge in [0.05, 0.1) is 0 Å². The minimum Gasteiger partial charge on any atom is -0.436 e. The van der Waals surface area contributed by atoms with Gasteiger partial charge in [0.25, 0.3) is 0 Å². The van der Waals surface area contributed by atoms with Crippen molar-refractivity contribution in [1.82, 2.24) is 9.97 Å². The summed E-state index contributed by atoms with van der Waals surface area (Å²) in [5, 5.41) is 10.1. The van der Waals surface area contributed by atoms with Crippen LogP contribution in [0.15, 0.2) is 233 Å². The Hall–Kier alpha value is -9.38. The van der Waals surface area contributed by atoms with E-state index in [0.717, 1.165) is 33.3 Å². The quantitative estimate of drug-likeness (QED) is 0.156. The van der Waals surface area contributed by atoms with Crippen molar-refractivity contribution in [3.63, 3.8) is 0 Å². The Bertz CT molecular complexity index is 4300. The molecule has 0 radical (unpaired) electrons. The molecule has 12 aromatic carbocycles. The molecule has 0 unspecified atom stereocenters. The molecule has 0 fully saturated rings. The van der Waals surface area contributed by atoms with Crippen LogP contribution in [-0.4, -0.2) is 9.97 Å². The molecule has 0 amide bonds. The summed E-state index contributed by atoms with van der Waals surface area (Å²) in [6.07, 6.45) is 0. The Kier molecular flexibility index (Phi) is 11.3. The monoisotopic (exact) mass is 964 g/mol. The third-order valence-electron chi connectivity index (χ3n) is 14.7. The van der Waals surface area contributed by atoms with Gasteiger partial charge in [0, 0.05) is 11.1 Å². The standard InChI is InChI=1S/C36H27NO.C35H25NO/c1-22-20-23(2)33(24(3)21-22)35-29-12-6-4-10-27(29)34(28-11-5-7-13-30(28)35)25-16-18-26(19-17-25)36-37-31-14-8-9-15-32(31)38-36;1-22-19-23(2)21-26(20-22)34-29-11-5-3-9-27(29)33(28-10-4-6-12-30(28)34)24-15-17-25(18-16-24)35-36-31-13-7-8-14-32(31)37-35/h4-21H,1-3H3;3-21H,1-2H3.